The normalized spacial score (nSPS) is 28.5. The van der Waals surface area contributed by atoms with E-state index in [1.54, 1.807) is 6.26 Å². The molecule has 1 fully saturated rings. The van der Waals surface area contributed by atoms with Crippen LogP contribution in [0.1, 0.15) is 53.4 Å². The highest BCUT2D eigenvalue weighted by Crippen LogP contribution is 2.45. The minimum absolute atomic E-state index is 0.0993. The van der Waals surface area contributed by atoms with Gasteiger partial charge in [-0.3, -0.25) is 0 Å². The van der Waals surface area contributed by atoms with Crippen molar-refractivity contribution in [2.75, 3.05) is 6.61 Å². The van der Waals surface area contributed by atoms with E-state index in [-0.39, 0.29) is 24.6 Å². The maximum absolute atomic E-state index is 7.01. The van der Waals surface area contributed by atoms with E-state index in [2.05, 4.69) is 41.5 Å². The van der Waals surface area contributed by atoms with E-state index in [1.807, 2.05) is 36.4 Å². The second kappa shape index (κ2) is 8.48. The summed E-state index contributed by atoms with van der Waals surface area (Å²) in [5.41, 5.74) is 2.61. The number of rotatable bonds is 6. The molecule has 2 aliphatic heterocycles. The fourth-order valence-electron chi connectivity index (χ4n) is 4.82. The van der Waals surface area contributed by atoms with Crippen molar-refractivity contribution in [2.45, 2.75) is 82.8 Å². The van der Waals surface area contributed by atoms with Crippen LogP contribution in [0.3, 0.4) is 0 Å². The third-order valence-electron chi connectivity index (χ3n) is 6.02. The van der Waals surface area contributed by atoms with E-state index < -0.39 is 8.32 Å². The van der Waals surface area contributed by atoms with Crippen LogP contribution in [0.25, 0.3) is 0 Å². The lowest BCUT2D eigenvalue weighted by Gasteiger charge is -2.48. The summed E-state index contributed by atoms with van der Waals surface area (Å²) in [6, 6.07) is 10.1. The first-order valence-corrected chi connectivity index (χ1v) is 12.3. The topological polar surface area (TPSA) is 36.9 Å². The summed E-state index contributed by atoms with van der Waals surface area (Å²) in [6.45, 7) is 14.4. The van der Waals surface area contributed by atoms with Gasteiger partial charge in [0.25, 0.3) is 0 Å². The average Bonchev–Trinajstić information content (AvgIpc) is 2.65. The Labute approximate surface area is 165 Å². The van der Waals surface area contributed by atoms with Gasteiger partial charge < -0.3 is 18.6 Å². The third-order valence-corrected chi connectivity index (χ3v) is 12.1. The van der Waals surface area contributed by atoms with Gasteiger partial charge in [-0.05, 0) is 22.7 Å². The molecule has 0 amide bonds. The van der Waals surface area contributed by atoms with Crippen molar-refractivity contribution in [3.05, 3.63) is 48.2 Å². The Morgan fingerprint density at radius 2 is 1.59 bits per heavy atom. The van der Waals surface area contributed by atoms with E-state index >= 15 is 0 Å². The Kier molecular flexibility index (Phi) is 6.46. The molecule has 5 heteroatoms. The predicted molar refractivity (Wildman–Crippen MR) is 110 cm³/mol. The molecule has 0 spiro atoms. The van der Waals surface area contributed by atoms with E-state index in [4.69, 9.17) is 18.6 Å². The van der Waals surface area contributed by atoms with Gasteiger partial charge >= 0.3 is 0 Å². The Hall–Kier alpha value is -1.14. The first kappa shape index (κ1) is 20.6. The standard InChI is InChI=1S/C22H34O4Si/c1-15(2)27(16(3)4,17(5)6)26-19-12-13-23-20-14-24-22(25-21(19)20)18-10-8-7-9-11-18/h7-13,15-17,19-22H,14H2,1-6H3/t19-,20-,21+,22?/m1/s1. The Balaban J connectivity index is 1.84. The molecule has 4 atom stereocenters. The van der Waals surface area contributed by atoms with Crippen LogP contribution in [0.2, 0.25) is 16.6 Å². The monoisotopic (exact) mass is 390 g/mol. The lowest BCUT2D eigenvalue weighted by Crippen LogP contribution is -2.57. The van der Waals surface area contributed by atoms with Gasteiger partial charge in [-0.2, -0.15) is 0 Å². The summed E-state index contributed by atoms with van der Waals surface area (Å²) in [4.78, 5) is 0. The molecule has 0 N–H and O–H groups in total. The van der Waals surface area contributed by atoms with E-state index in [1.165, 1.54) is 0 Å². The second-order valence-electron chi connectivity index (χ2n) is 8.58. The van der Waals surface area contributed by atoms with E-state index in [0.717, 1.165) is 5.56 Å². The van der Waals surface area contributed by atoms with Crippen LogP contribution < -0.4 is 0 Å². The van der Waals surface area contributed by atoms with Gasteiger partial charge in [-0.25, -0.2) is 0 Å². The molecule has 0 saturated carbocycles. The lowest BCUT2D eigenvalue weighted by molar-refractivity contribution is -0.275. The van der Waals surface area contributed by atoms with Crippen molar-refractivity contribution in [1.82, 2.24) is 0 Å². The molecule has 4 nitrogen and oxygen atoms in total. The first-order chi connectivity index (χ1) is 12.9. The number of hydrogen-bond donors (Lipinski definition) is 0. The summed E-state index contributed by atoms with van der Waals surface area (Å²) in [6.07, 6.45) is 3.04. The molecular weight excluding hydrogens is 356 g/mol. The average molecular weight is 391 g/mol. The molecule has 2 heterocycles. The molecule has 1 unspecified atom stereocenters. The van der Waals surface area contributed by atoms with Crippen molar-refractivity contribution in [2.24, 2.45) is 0 Å². The number of fused-ring (bicyclic) bond motifs is 1. The van der Waals surface area contributed by atoms with Crippen molar-refractivity contribution < 1.29 is 18.6 Å². The van der Waals surface area contributed by atoms with Gasteiger partial charge in [0.15, 0.2) is 12.4 Å². The van der Waals surface area contributed by atoms with Crippen LogP contribution in [0, 0.1) is 0 Å². The van der Waals surface area contributed by atoms with Crippen LogP contribution in [0.15, 0.2) is 42.7 Å². The highest BCUT2D eigenvalue weighted by Gasteiger charge is 2.50. The SMILES string of the molecule is CC(C)[Si](O[C@@H]1C=CO[C@@H]2COC(c3ccccc3)O[C@@H]12)(C(C)C)C(C)C. The zero-order valence-electron chi connectivity index (χ0n) is 17.4. The molecule has 0 radical (unpaired) electrons. The first-order valence-electron chi connectivity index (χ1n) is 10.2. The highest BCUT2D eigenvalue weighted by atomic mass is 28.4. The fourth-order valence-corrected chi connectivity index (χ4v) is 10.3. The third kappa shape index (κ3) is 4.02. The van der Waals surface area contributed by atoms with Crippen LogP contribution in [0.5, 0.6) is 0 Å². The largest absolute Gasteiger partial charge is 0.493 e. The molecule has 0 aliphatic carbocycles. The number of ether oxygens (including phenoxy) is 3. The highest BCUT2D eigenvalue weighted by molar-refractivity contribution is 6.77. The Morgan fingerprint density at radius 1 is 0.963 bits per heavy atom. The molecule has 1 saturated heterocycles. The van der Waals surface area contributed by atoms with Crippen molar-refractivity contribution >= 4 is 8.32 Å². The Morgan fingerprint density at radius 3 is 2.19 bits per heavy atom. The number of hydrogen-bond acceptors (Lipinski definition) is 4. The van der Waals surface area contributed by atoms with Crippen molar-refractivity contribution in [1.29, 1.82) is 0 Å². The predicted octanol–water partition coefficient (Wildman–Crippen LogP) is 5.57. The van der Waals surface area contributed by atoms with Gasteiger partial charge in [0.2, 0.25) is 8.32 Å². The van der Waals surface area contributed by atoms with Gasteiger partial charge in [0.05, 0.1) is 19.0 Å². The minimum Gasteiger partial charge on any atom is -0.493 e. The van der Waals surface area contributed by atoms with Gasteiger partial charge in [0.1, 0.15) is 6.10 Å². The molecule has 0 bridgehead atoms. The fraction of sp³-hybridized carbons (Fsp3) is 0.636. The molecule has 1 aromatic carbocycles. The van der Waals surface area contributed by atoms with E-state index in [0.29, 0.717) is 23.2 Å². The van der Waals surface area contributed by atoms with Crippen LogP contribution in [0.4, 0.5) is 0 Å². The molecule has 1 aromatic rings. The summed E-state index contributed by atoms with van der Waals surface area (Å²) in [5.74, 6) is 0. The minimum atomic E-state index is -2.02. The quantitative estimate of drug-likeness (QED) is 0.595. The van der Waals surface area contributed by atoms with Crippen LogP contribution >= 0.6 is 0 Å². The zero-order valence-corrected chi connectivity index (χ0v) is 18.4. The lowest BCUT2D eigenvalue weighted by atomic mass is 10.0. The summed E-state index contributed by atoms with van der Waals surface area (Å²) >= 11 is 0. The maximum atomic E-state index is 7.01. The molecule has 2 aliphatic rings. The molecular formula is C22H34O4Si. The maximum Gasteiger partial charge on any atom is 0.201 e. The van der Waals surface area contributed by atoms with Crippen molar-refractivity contribution in [3.8, 4) is 0 Å². The summed E-state index contributed by atoms with van der Waals surface area (Å²) in [5, 5.41) is 0. The zero-order chi connectivity index (χ0) is 19.6. The van der Waals surface area contributed by atoms with Crippen LogP contribution in [-0.2, 0) is 18.6 Å². The van der Waals surface area contributed by atoms with Gasteiger partial charge in [-0.15, -0.1) is 0 Å². The molecule has 0 aromatic heterocycles. The molecule has 27 heavy (non-hydrogen) atoms. The van der Waals surface area contributed by atoms with E-state index in [9.17, 15) is 0 Å². The Bertz CT molecular complexity index is 607. The van der Waals surface area contributed by atoms with Gasteiger partial charge in [-0.1, -0.05) is 71.9 Å². The second-order valence-corrected chi connectivity index (χ2v) is 14.0. The van der Waals surface area contributed by atoms with Gasteiger partial charge in [0, 0.05) is 5.56 Å². The molecule has 150 valence electrons. The smallest absolute Gasteiger partial charge is 0.201 e. The van der Waals surface area contributed by atoms with Crippen molar-refractivity contribution in [3.63, 3.8) is 0 Å². The van der Waals surface area contributed by atoms with Crippen LogP contribution in [-0.4, -0.2) is 33.2 Å². The summed E-state index contributed by atoms with van der Waals surface area (Å²) in [7, 11) is -2.02. The molecule has 3 rings (SSSR count). The number of benzene rings is 1. The summed E-state index contributed by atoms with van der Waals surface area (Å²) < 4.78 is 25.1.